The van der Waals surface area contributed by atoms with Gasteiger partial charge in [0.2, 0.25) is 5.91 Å². The van der Waals surface area contributed by atoms with Gasteiger partial charge >= 0.3 is 6.03 Å². The highest BCUT2D eigenvalue weighted by molar-refractivity contribution is 6.07. The summed E-state index contributed by atoms with van der Waals surface area (Å²) < 4.78 is 13.0. The zero-order valence-electron chi connectivity index (χ0n) is 30.4. The molecule has 0 saturated carbocycles. The number of benzene rings is 3. The number of pyridine rings is 1. The Bertz CT molecular complexity index is 2210. The minimum atomic E-state index is -0.394. The van der Waals surface area contributed by atoms with Gasteiger partial charge in [-0.2, -0.15) is 5.10 Å². The van der Waals surface area contributed by atoms with Crippen LogP contribution in [-0.4, -0.2) is 56.9 Å². The molecule has 0 bridgehead atoms. The van der Waals surface area contributed by atoms with Crippen LogP contribution < -0.4 is 26.0 Å². The summed E-state index contributed by atoms with van der Waals surface area (Å²) in [6.45, 7) is 9.42. The zero-order chi connectivity index (χ0) is 37.4. The second kappa shape index (κ2) is 16.3. The highest BCUT2D eigenvalue weighted by Crippen LogP contribution is 2.33. The number of amides is 3. The monoisotopic (exact) mass is 713 g/mol. The fraction of sp³-hybridized carbons (Fsp3) is 0.250. The number of fused-ring (bicyclic) bond motifs is 1. The Morgan fingerprint density at radius 1 is 0.887 bits per heavy atom. The standard InChI is InChI=1S/C40H43N9O4/c1-26-10-12-29(13-11-26)49-37(22-34(48-49)40(2,3)4)47-39(51)45-32-14-15-33(31-9-7-6-8-30(31)32)53-25-27-16-17-42-35(20-27)46-36-24-41-23-28(44-36)21-38(50)43-18-19-52-5/h6-17,20,22-24H,18-19,21,25H2,1-5H3,(H,43,50)(H,42,44,46)(H2,45,47,51). The van der Waals surface area contributed by atoms with Gasteiger partial charge in [-0.25, -0.2) is 19.4 Å². The summed E-state index contributed by atoms with van der Waals surface area (Å²) in [6, 6.07) is 24.7. The molecule has 3 heterocycles. The second-order valence-corrected chi connectivity index (χ2v) is 13.5. The topological polar surface area (TPSA) is 157 Å². The number of nitrogens with one attached hydrogen (secondary N) is 4. The van der Waals surface area contributed by atoms with Gasteiger partial charge in [-0.15, -0.1) is 0 Å². The van der Waals surface area contributed by atoms with E-state index in [1.807, 2.05) is 85.8 Å². The minimum Gasteiger partial charge on any atom is -0.488 e. The Balaban J connectivity index is 1.12. The number of aryl methyl sites for hydroxylation is 1. The molecule has 53 heavy (non-hydrogen) atoms. The number of rotatable bonds is 13. The Labute approximate surface area is 308 Å². The molecule has 4 N–H and O–H groups in total. The Morgan fingerprint density at radius 2 is 1.68 bits per heavy atom. The Morgan fingerprint density at radius 3 is 2.45 bits per heavy atom. The van der Waals surface area contributed by atoms with Crippen LogP contribution in [0.3, 0.4) is 0 Å². The summed E-state index contributed by atoms with van der Waals surface area (Å²) >= 11 is 0. The van der Waals surface area contributed by atoms with Crippen LogP contribution in [-0.2, 0) is 28.0 Å². The molecular weight excluding hydrogens is 670 g/mol. The molecule has 0 aliphatic rings. The number of nitrogens with zero attached hydrogens (tertiary/aromatic N) is 5. The van der Waals surface area contributed by atoms with Crippen molar-refractivity contribution < 1.29 is 19.1 Å². The van der Waals surface area contributed by atoms with E-state index in [-0.39, 0.29) is 24.3 Å². The minimum absolute atomic E-state index is 0.0957. The van der Waals surface area contributed by atoms with Crippen molar-refractivity contribution in [3.63, 3.8) is 0 Å². The van der Waals surface area contributed by atoms with Crippen molar-refractivity contribution in [2.45, 2.75) is 46.1 Å². The summed E-state index contributed by atoms with van der Waals surface area (Å²) in [4.78, 5) is 38.8. The molecule has 6 rings (SSSR count). The van der Waals surface area contributed by atoms with Crippen LogP contribution in [0.2, 0.25) is 0 Å². The summed E-state index contributed by atoms with van der Waals surface area (Å²) in [7, 11) is 1.58. The Kier molecular flexibility index (Phi) is 11.2. The number of hydrogen-bond acceptors (Lipinski definition) is 9. The summed E-state index contributed by atoms with van der Waals surface area (Å²) in [5.74, 6) is 2.07. The fourth-order valence-corrected chi connectivity index (χ4v) is 5.49. The van der Waals surface area contributed by atoms with E-state index in [1.54, 1.807) is 30.4 Å². The zero-order valence-corrected chi connectivity index (χ0v) is 30.4. The van der Waals surface area contributed by atoms with Gasteiger partial charge < -0.3 is 25.4 Å². The first-order valence-electron chi connectivity index (χ1n) is 17.2. The molecule has 0 radical (unpaired) electrons. The smallest absolute Gasteiger partial charge is 0.324 e. The van der Waals surface area contributed by atoms with Gasteiger partial charge in [-0.05, 0) is 48.9 Å². The molecule has 13 heteroatoms. The van der Waals surface area contributed by atoms with E-state index in [2.05, 4.69) is 57.0 Å². The van der Waals surface area contributed by atoms with Crippen molar-refractivity contribution in [1.82, 2.24) is 30.0 Å². The largest absolute Gasteiger partial charge is 0.488 e. The number of ether oxygens (including phenoxy) is 2. The van der Waals surface area contributed by atoms with Crippen molar-refractivity contribution in [3.05, 3.63) is 120 Å². The van der Waals surface area contributed by atoms with Crippen LogP contribution >= 0.6 is 0 Å². The number of carbonyl (C=O) groups excluding carboxylic acids is 2. The molecule has 6 aromatic rings. The number of carbonyl (C=O) groups is 2. The van der Waals surface area contributed by atoms with E-state index < -0.39 is 6.03 Å². The van der Waals surface area contributed by atoms with Crippen LogP contribution in [0.1, 0.15) is 43.3 Å². The van der Waals surface area contributed by atoms with Gasteiger partial charge in [0, 0.05) is 48.3 Å². The van der Waals surface area contributed by atoms with Crippen molar-refractivity contribution in [1.29, 1.82) is 0 Å². The summed E-state index contributed by atoms with van der Waals surface area (Å²) in [5, 5.41) is 18.5. The molecule has 0 aliphatic carbocycles. The molecule has 0 aliphatic heterocycles. The molecule has 3 amide bonds. The number of urea groups is 1. The van der Waals surface area contributed by atoms with Gasteiger partial charge in [-0.3, -0.25) is 15.1 Å². The van der Waals surface area contributed by atoms with E-state index in [9.17, 15) is 9.59 Å². The summed E-state index contributed by atoms with van der Waals surface area (Å²) in [5.41, 5.74) is 4.66. The SMILES string of the molecule is COCCNC(=O)Cc1cncc(Nc2cc(COc3ccc(NC(=O)Nc4cc(C(C)(C)C)nn4-c4ccc(C)cc4)c4ccccc34)ccn2)n1. The molecule has 0 fully saturated rings. The molecule has 3 aromatic carbocycles. The second-order valence-electron chi connectivity index (χ2n) is 13.5. The van der Waals surface area contributed by atoms with Crippen LogP contribution in [0.15, 0.2) is 97.5 Å². The summed E-state index contributed by atoms with van der Waals surface area (Å²) in [6.07, 6.45) is 4.90. The highest BCUT2D eigenvalue weighted by Gasteiger charge is 2.22. The molecule has 272 valence electrons. The average Bonchev–Trinajstić information content (AvgIpc) is 3.56. The first kappa shape index (κ1) is 36.5. The van der Waals surface area contributed by atoms with Crippen molar-refractivity contribution in [3.8, 4) is 11.4 Å². The lowest BCUT2D eigenvalue weighted by molar-refractivity contribution is -0.120. The van der Waals surface area contributed by atoms with Crippen LogP contribution in [0.4, 0.5) is 27.9 Å². The van der Waals surface area contributed by atoms with Crippen LogP contribution in [0, 0.1) is 6.92 Å². The molecule has 0 atom stereocenters. The maximum Gasteiger partial charge on any atom is 0.324 e. The molecule has 0 spiro atoms. The lowest BCUT2D eigenvalue weighted by Gasteiger charge is -2.15. The number of aromatic nitrogens is 5. The lowest BCUT2D eigenvalue weighted by Crippen LogP contribution is -2.28. The van der Waals surface area contributed by atoms with Crippen molar-refractivity contribution in [2.75, 3.05) is 36.2 Å². The molecule has 13 nitrogen and oxygen atoms in total. The van der Waals surface area contributed by atoms with Gasteiger partial charge in [0.05, 0.1) is 42.0 Å². The lowest BCUT2D eigenvalue weighted by atomic mass is 9.92. The Hall–Kier alpha value is -6.34. The van der Waals surface area contributed by atoms with Gasteiger partial charge in [0.25, 0.3) is 0 Å². The average molecular weight is 714 g/mol. The fourth-order valence-electron chi connectivity index (χ4n) is 5.49. The van der Waals surface area contributed by atoms with E-state index in [4.69, 9.17) is 14.6 Å². The maximum atomic E-state index is 13.5. The van der Waals surface area contributed by atoms with Gasteiger partial charge in [0.1, 0.15) is 29.8 Å². The van der Waals surface area contributed by atoms with E-state index in [1.165, 1.54) is 0 Å². The quantitative estimate of drug-likeness (QED) is 0.0918. The molecular formula is C40H43N9O4. The maximum absolute atomic E-state index is 13.5. The van der Waals surface area contributed by atoms with E-state index >= 15 is 0 Å². The highest BCUT2D eigenvalue weighted by atomic mass is 16.5. The molecule has 0 unspecified atom stereocenters. The van der Waals surface area contributed by atoms with Crippen molar-refractivity contribution >= 4 is 45.9 Å². The molecule has 3 aromatic heterocycles. The first-order valence-corrected chi connectivity index (χ1v) is 17.2. The van der Waals surface area contributed by atoms with Crippen molar-refractivity contribution in [2.24, 2.45) is 0 Å². The van der Waals surface area contributed by atoms with Crippen LogP contribution in [0.25, 0.3) is 16.5 Å². The number of hydrogen-bond donors (Lipinski definition) is 4. The van der Waals surface area contributed by atoms with E-state index in [0.717, 1.165) is 33.3 Å². The van der Waals surface area contributed by atoms with Crippen LogP contribution in [0.5, 0.6) is 5.75 Å². The normalized spacial score (nSPS) is 11.3. The number of methoxy groups -OCH3 is 1. The number of anilines is 4. The van der Waals surface area contributed by atoms with E-state index in [0.29, 0.717) is 47.7 Å². The third-order valence-corrected chi connectivity index (χ3v) is 8.26. The van der Waals surface area contributed by atoms with Gasteiger partial charge in [0.15, 0.2) is 0 Å². The molecule has 0 saturated heterocycles. The predicted molar refractivity (Wildman–Crippen MR) is 206 cm³/mol. The third kappa shape index (κ3) is 9.51. The van der Waals surface area contributed by atoms with Gasteiger partial charge in [-0.1, -0.05) is 62.7 Å². The first-order chi connectivity index (χ1) is 25.6. The third-order valence-electron chi connectivity index (χ3n) is 8.26. The predicted octanol–water partition coefficient (Wildman–Crippen LogP) is 7.09.